The van der Waals surface area contributed by atoms with E-state index in [1.54, 1.807) is 0 Å². The smallest absolute Gasteiger partial charge is 0.0861 e. The summed E-state index contributed by atoms with van der Waals surface area (Å²) in [5, 5.41) is 3.15. The topological polar surface area (TPSA) is 21.3 Å². The Balaban J connectivity index is 2.04. The van der Waals surface area contributed by atoms with Crippen molar-refractivity contribution in [3.05, 3.63) is 0 Å². The second kappa shape index (κ2) is 3.36. The zero-order valence-electron chi connectivity index (χ0n) is 4.24. The van der Waals surface area contributed by atoms with E-state index in [0.717, 1.165) is 13.2 Å². The molecule has 7 heavy (non-hydrogen) atoms. The Labute approximate surface area is 45.5 Å². The van der Waals surface area contributed by atoms with Gasteiger partial charge in [0, 0.05) is 6.54 Å². The second-order valence-electron chi connectivity index (χ2n) is 1.58. The Morgan fingerprint density at radius 1 is 1.43 bits per heavy atom. The zero-order chi connectivity index (χ0) is 4.95. The SMILES string of the molecule is C1CCOPNC1. The van der Waals surface area contributed by atoms with Gasteiger partial charge in [-0.05, 0) is 12.8 Å². The molecule has 1 N–H and O–H groups in total. The third-order valence-electron chi connectivity index (χ3n) is 0.943. The van der Waals surface area contributed by atoms with Crippen molar-refractivity contribution < 1.29 is 4.52 Å². The minimum Gasteiger partial charge on any atom is -0.346 e. The first-order chi connectivity index (χ1) is 3.50. The van der Waals surface area contributed by atoms with Crippen molar-refractivity contribution in [3.63, 3.8) is 0 Å². The number of nitrogens with one attached hydrogen (secondary N) is 1. The molecule has 0 aromatic carbocycles. The molecule has 1 aliphatic heterocycles. The summed E-state index contributed by atoms with van der Waals surface area (Å²) in [5.74, 6) is 0. The van der Waals surface area contributed by atoms with Crippen molar-refractivity contribution in [2.24, 2.45) is 0 Å². The molecule has 0 radical (unpaired) electrons. The predicted molar refractivity (Wildman–Crippen MR) is 31.5 cm³/mol. The molecule has 1 fully saturated rings. The fraction of sp³-hybridized carbons (Fsp3) is 1.00. The van der Waals surface area contributed by atoms with Crippen LogP contribution in [-0.4, -0.2) is 13.2 Å². The fourth-order valence-electron chi connectivity index (χ4n) is 0.541. The van der Waals surface area contributed by atoms with E-state index in [1.807, 2.05) is 0 Å². The van der Waals surface area contributed by atoms with Gasteiger partial charge in [-0.25, -0.2) is 0 Å². The molecule has 1 rings (SSSR count). The summed E-state index contributed by atoms with van der Waals surface area (Å²) in [7, 11) is 0.545. The zero-order valence-corrected chi connectivity index (χ0v) is 5.24. The Morgan fingerprint density at radius 3 is 3.43 bits per heavy atom. The molecule has 0 saturated carbocycles. The molecule has 0 aromatic heterocycles. The Bertz CT molecular complexity index is 31.3. The Kier molecular flexibility index (Phi) is 2.64. The minimum absolute atomic E-state index is 0.545. The van der Waals surface area contributed by atoms with Gasteiger partial charge in [-0.3, -0.25) is 5.09 Å². The van der Waals surface area contributed by atoms with Crippen LogP contribution in [-0.2, 0) is 4.52 Å². The van der Waals surface area contributed by atoms with Crippen molar-refractivity contribution in [1.29, 1.82) is 0 Å². The molecule has 0 aromatic rings. The summed E-state index contributed by atoms with van der Waals surface area (Å²) < 4.78 is 5.11. The standard InChI is InChI=1S/C4H10NOP/c1-2-4-6-7-5-3-1/h5,7H,1-4H2. The second-order valence-corrected chi connectivity index (χ2v) is 2.43. The first kappa shape index (κ1) is 5.49. The van der Waals surface area contributed by atoms with Gasteiger partial charge in [-0.15, -0.1) is 0 Å². The first-order valence-corrected chi connectivity index (χ1v) is 3.50. The van der Waals surface area contributed by atoms with Crippen molar-refractivity contribution >= 4 is 8.96 Å². The monoisotopic (exact) mass is 119 g/mol. The average Bonchev–Trinajstić information content (AvgIpc) is 1.90. The summed E-state index contributed by atoms with van der Waals surface area (Å²) in [6, 6.07) is 0. The fourth-order valence-corrected chi connectivity index (χ4v) is 1.17. The van der Waals surface area contributed by atoms with Crippen LogP contribution in [0.1, 0.15) is 12.8 Å². The van der Waals surface area contributed by atoms with E-state index in [0.29, 0.717) is 8.96 Å². The third kappa shape index (κ3) is 2.22. The number of hydrogen-bond donors (Lipinski definition) is 1. The van der Waals surface area contributed by atoms with E-state index in [4.69, 9.17) is 4.52 Å². The minimum atomic E-state index is 0.545. The molecule has 1 heterocycles. The van der Waals surface area contributed by atoms with Crippen LogP contribution >= 0.6 is 8.96 Å². The number of rotatable bonds is 0. The summed E-state index contributed by atoms with van der Waals surface area (Å²) in [4.78, 5) is 0. The van der Waals surface area contributed by atoms with Crippen LogP contribution in [0.15, 0.2) is 0 Å². The molecular formula is C4H10NOP. The highest BCUT2D eigenvalue weighted by atomic mass is 31.1. The maximum atomic E-state index is 5.11. The highest BCUT2D eigenvalue weighted by molar-refractivity contribution is 7.29. The summed E-state index contributed by atoms with van der Waals surface area (Å²) in [6.07, 6.45) is 2.49. The lowest BCUT2D eigenvalue weighted by molar-refractivity contribution is 0.360. The lowest BCUT2D eigenvalue weighted by Gasteiger charge is -1.93. The van der Waals surface area contributed by atoms with Crippen LogP contribution < -0.4 is 5.09 Å². The largest absolute Gasteiger partial charge is 0.346 e. The lowest BCUT2D eigenvalue weighted by atomic mass is 10.3. The molecular weight excluding hydrogens is 109 g/mol. The predicted octanol–water partition coefficient (Wildman–Crippen LogP) is 0.895. The summed E-state index contributed by atoms with van der Waals surface area (Å²) in [6.45, 7) is 2.09. The van der Waals surface area contributed by atoms with Crippen LogP contribution in [0.4, 0.5) is 0 Å². The van der Waals surface area contributed by atoms with Crippen LogP contribution in [0, 0.1) is 0 Å². The lowest BCUT2D eigenvalue weighted by Crippen LogP contribution is -1.99. The van der Waals surface area contributed by atoms with Crippen molar-refractivity contribution in [2.75, 3.05) is 13.2 Å². The van der Waals surface area contributed by atoms with Crippen LogP contribution in [0.3, 0.4) is 0 Å². The van der Waals surface area contributed by atoms with Crippen molar-refractivity contribution in [2.45, 2.75) is 12.8 Å². The summed E-state index contributed by atoms with van der Waals surface area (Å²) in [5.41, 5.74) is 0. The average molecular weight is 119 g/mol. The highest BCUT2D eigenvalue weighted by Crippen LogP contribution is 2.10. The molecule has 0 bridgehead atoms. The van der Waals surface area contributed by atoms with Gasteiger partial charge in [0.1, 0.15) is 0 Å². The molecule has 0 aliphatic carbocycles. The Hall–Kier alpha value is 0.350. The molecule has 1 unspecified atom stereocenters. The van der Waals surface area contributed by atoms with E-state index in [-0.39, 0.29) is 0 Å². The van der Waals surface area contributed by atoms with E-state index < -0.39 is 0 Å². The van der Waals surface area contributed by atoms with Gasteiger partial charge in [0.15, 0.2) is 0 Å². The van der Waals surface area contributed by atoms with E-state index >= 15 is 0 Å². The first-order valence-electron chi connectivity index (χ1n) is 2.60. The molecule has 1 atom stereocenters. The van der Waals surface area contributed by atoms with Gasteiger partial charge in [-0.2, -0.15) is 0 Å². The molecule has 1 aliphatic rings. The maximum Gasteiger partial charge on any atom is 0.0861 e. The van der Waals surface area contributed by atoms with Crippen LogP contribution in [0.2, 0.25) is 0 Å². The van der Waals surface area contributed by atoms with Crippen molar-refractivity contribution in [1.82, 2.24) is 5.09 Å². The van der Waals surface area contributed by atoms with Gasteiger partial charge in [0.2, 0.25) is 0 Å². The van der Waals surface area contributed by atoms with E-state index in [9.17, 15) is 0 Å². The highest BCUT2D eigenvalue weighted by Gasteiger charge is 1.93. The van der Waals surface area contributed by atoms with Gasteiger partial charge < -0.3 is 4.52 Å². The van der Waals surface area contributed by atoms with Gasteiger partial charge in [0.05, 0.1) is 15.6 Å². The van der Waals surface area contributed by atoms with Gasteiger partial charge in [-0.1, -0.05) is 0 Å². The van der Waals surface area contributed by atoms with Gasteiger partial charge in [0.25, 0.3) is 0 Å². The van der Waals surface area contributed by atoms with E-state index in [2.05, 4.69) is 5.09 Å². The van der Waals surface area contributed by atoms with Crippen LogP contribution in [0.5, 0.6) is 0 Å². The summed E-state index contributed by atoms with van der Waals surface area (Å²) >= 11 is 0. The molecule has 1 saturated heterocycles. The van der Waals surface area contributed by atoms with Gasteiger partial charge >= 0.3 is 0 Å². The van der Waals surface area contributed by atoms with Crippen molar-refractivity contribution in [3.8, 4) is 0 Å². The quantitative estimate of drug-likeness (QED) is 0.478. The molecule has 3 heteroatoms. The van der Waals surface area contributed by atoms with Crippen LogP contribution in [0.25, 0.3) is 0 Å². The number of hydrogen-bond acceptors (Lipinski definition) is 2. The van der Waals surface area contributed by atoms with E-state index in [1.165, 1.54) is 12.8 Å². The molecule has 0 spiro atoms. The molecule has 42 valence electrons. The third-order valence-corrected chi connectivity index (χ3v) is 1.69. The normalized spacial score (nSPS) is 27.4. The maximum absolute atomic E-state index is 5.11. The molecule has 2 nitrogen and oxygen atoms in total. The molecule has 0 amide bonds. The Morgan fingerprint density at radius 2 is 2.43 bits per heavy atom.